The molecule has 0 bridgehead atoms. The third-order valence-corrected chi connectivity index (χ3v) is 4.61. The van der Waals surface area contributed by atoms with Crippen molar-refractivity contribution in [1.82, 2.24) is 14.7 Å². The smallest absolute Gasteiger partial charge is 0.410 e. The Morgan fingerprint density at radius 2 is 2.00 bits per heavy atom. The molecule has 6 heteroatoms. The van der Waals surface area contributed by atoms with Crippen LogP contribution in [0, 0.1) is 0 Å². The molecular formula is C18H25N3O3. The summed E-state index contributed by atoms with van der Waals surface area (Å²) in [4.78, 5) is 29.7. The Morgan fingerprint density at radius 1 is 1.25 bits per heavy atom. The van der Waals surface area contributed by atoms with Crippen molar-refractivity contribution >= 4 is 12.0 Å². The number of hydrogen-bond acceptors (Lipinski definition) is 4. The molecule has 0 aromatic heterocycles. The lowest BCUT2D eigenvalue weighted by atomic mass is 10.0. The maximum absolute atomic E-state index is 12.6. The zero-order valence-corrected chi connectivity index (χ0v) is 14.4. The molecular weight excluding hydrogens is 306 g/mol. The Bertz CT molecular complexity index is 600. The maximum Gasteiger partial charge on any atom is 0.410 e. The van der Waals surface area contributed by atoms with Crippen LogP contribution in [0.3, 0.4) is 0 Å². The molecule has 0 saturated carbocycles. The van der Waals surface area contributed by atoms with Crippen LogP contribution in [0.25, 0.3) is 0 Å². The van der Waals surface area contributed by atoms with Crippen molar-refractivity contribution in [2.75, 3.05) is 40.3 Å². The summed E-state index contributed by atoms with van der Waals surface area (Å²) in [5, 5.41) is 0. The number of nitrogens with zero attached hydrogens (tertiary/aromatic N) is 3. The monoisotopic (exact) mass is 331 g/mol. The lowest BCUT2D eigenvalue weighted by Crippen LogP contribution is -2.40. The molecule has 130 valence electrons. The van der Waals surface area contributed by atoms with Crippen molar-refractivity contribution in [3.63, 3.8) is 0 Å². The molecule has 0 unspecified atom stereocenters. The minimum Gasteiger partial charge on any atom is -0.448 e. The molecule has 0 spiro atoms. The highest BCUT2D eigenvalue weighted by Gasteiger charge is 2.33. The second-order valence-electron chi connectivity index (χ2n) is 6.76. The predicted octanol–water partition coefficient (Wildman–Crippen LogP) is 1.86. The summed E-state index contributed by atoms with van der Waals surface area (Å²) in [5.74, 6) is 0.00807. The average Bonchev–Trinajstić information content (AvgIpc) is 3.17. The largest absolute Gasteiger partial charge is 0.448 e. The van der Waals surface area contributed by atoms with Gasteiger partial charge in [0.15, 0.2) is 0 Å². The average molecular weight is 331 g/mol. The molecule has 1 atom stereocenters. The van der Waals surface area contributed by atoms with Crippen molar-refractivity contribution in [2.24, 2.45) is 0 Å². The lowest BCUT2D eigenvalue weighted by molar-refractivity contribution is -0.132. The first kappa shape index (κ1) is 16.8. The highest BCUT2D eigenvalue weighted by molar-refractivity contribution is 5.83. The number of ether oxygens (including phenoxy) is 1. The van der Waals surface area contributed by atoms with Gasteiger partial charge in [-0.15, -0.1) is 0 Å². The summed E-state index contributed by atoms with van der Waals surface area (Å²) in [5.41, 5.74) is 2.44. The van der Waals surface area contributed by atoms with E-state index in [1.165, 1.54) is 16.0 Å². The van der Waals surface area contributed by atoms with E-state index in [0.717, 1.165) is 25.9 Å². The van der Waals surface area contributed by atoms with Gasteiger partial charge in [0.2, 0.25) is 5.91 Å². The predicted molar refractivity (Wildman–Crippen MR) is 90.4 cm³/mol. The van der Waals surface area contributed by atoms with E-state index in [9.17, 15) is 9.59 Å². The number of hydrogen-bond donors (Lipinski definition) is 0. The molecule has 2 saturated heterocycles. The second-order valence-corrected chi connectivity index (χ2v) is 6.76. The lowest BCUT2D eigenvalue weighted by Gasteiger charge is -2.27. The van der Waals surface area contributed by atoms with Crippen molar-refractivity contribution in [2.45, 2.75) is 25.4 Å². The molecule has 1 aromatic rings. The number of benzene rings is 1. The van der Waals surface area contributed by atoms with Gasteiger partial charge in [0.05, 0.1) is 12.6 Å². The van der Waals surface area contributed by atoms with E-state index in [4.69, 9.17) is 4.74 Å². The van der Waals surface area contributed by atoms with Crippen LogP contribution >= 0.6 is 0 Å². The van der Waals surface area contributed by atoms with E-state index in [0.29, 0.717) is 13.2 Å². The van der Waals surface area contributed by atoms with Gasteiger partial charge >= 0.3 is 6.09 Å². The topological polar surface area (TPSA) is 53.1 Å². The standard InChI is InChI=1S/C18H25N3O3/c1-19(2)12-14-5-7-15(8-6-14)16-4-3-9-21(16)17(22)13-20-10-11-24-18(20)23/h5-8,16H,3-4,9-13H2,1-2H3/t16-/m0/s1. The molecule has 24 heavy (non-hydrogen) atoms. The van der Waals surface area contributed by atoms with Gasteiger partial charge in [-0.3, -0.25) is 9.69 Å². The highest BCUT2D eigenvalue weighted by Crippen LogP contribution is 2.32. The van der Waals surface area contributed by atoms with Gasteiger partial charge in [-0.2, -0.15) is 0 Å². The van der Waals surface area contributed by atoms with Gasteiger partial charge in [0.1, 0.15) is 13.2 Å². The van der Waals surface area contributed by atoms with E-state index in [1.54, 1.807) is 0 Å². The minimum atomic E-state index is -0.382. The van der Waals surface area contributed by atoms with Crippen molar-refractivity contribution in [3.8, 4) is 0 Å². The van der Waals surface area contributed by atoms with Crippen LogP contribution in [-0.4, -0.2) is 67.0 Å². The molecule has 2 aliphatic heterocycles. The summed E-state index contributed by atoms with van der Waals surface area (Å²) in [6.45, 7) is 2.66. The number of carbonyl (C=O) groups is 2. The van der Waals surface area contributed by atoms with Crippen LogP contribution < -0.4 is 0 Å². The van der Waals surface area contributed by atoms with Crippen LogP contribution in [0.1, 0.15) is 30.0 Å². The summed E-state index contributed by atoms with van der Waals surface area (Å²) in [6.07, 6.45) is 1.59. The van der Waals surface area contributed by atoms with E-state index in [1.807, 2.05) is 4.90 Å². The molecule has 2 aliphatic rings. The Morgan fingerprint density at radius 3 is 2.62 bits per heavy atom. The van der Waals surface area contributed by atoms with Crippen molar-refractivity contribution < 1.29 is 14.3 Å². The van der Waals surface area contributed by atoms with Gasteiger partial charge < -0.3 is 14.5 Å². The number of amides is 2. The van der Waals surface area contributed by atoms with E-state index < -0.39 is 0 Å². The summed E-state index contributed by atoms with van der Waals surface area (Å²) in [7, 11) is 4.10. The molecule has 0 radical (unpaired) electrons. The Hall–Kier alpha value is -2.08. The number of cyclic esters (lactones) is 1. The summed E-state index contributed by atoms with van der Waals surface area (Å²) >= 11 is 0. The van der Waals surface area contributed by atoms with Crippen LogP contribution in [0.15, 0.2) is 24.3 Å². The van der Waals surface area contributed by atoms with Gasteiger partial charge in [-0.1, -0.05) is 24.3 Å². The molecule has 2 heterocycles. The molecule has 3 rings (SSSR count). The van der Waals surface area contributed by atoms with Crippen molar-refractivity contribution in [3.05, 3.63) is 35.4 Å². The van der Waals surface area contributed by atoms with Crippen LogP contribution in [0.5, 0.6) is 0 Å². The van der Waals surface area contributed by atoms with Gasteiger partial charge in [-0.25, -0.2) is 4.79 Å². The first-order chi connectivity index (χ1) is 11.5. The fourth-order valence-electron chi connectivity index (χ4n) is 3.45. The van der Waals surface area contributed by atoms with E-state index >= 15 is 0 Å². The normalized spacial score (nSPS) is 20.8. The zero-order chi connectivity index (χ0) is 17.1. The fraction of sp³-hybridized carbons (Fsp3) is 0.556. The van der Waals surface area contributed by atoms with Crippen LogP contribution in [-0.2, 0) is 16.1 Å². The highest BCUT2D eigenvalue weighted by atomic mass is 16.6. The third kappa shape index (κ3) is 3.70. The van der Waals surface area contributed by atoms with Gasteiger partial charge in [-0.05, 0) is 38.1 Å². The maximum atomic E-state index is 12.6. The summed E-state index contributed by atoms with van der Waals surface area (Å²) in [6, 6.07) is 8.63. The second kappa shape index (κ2) is 7.21. The van der Waals surface area contributed by atoms with Crippen molar-refractivity contribution in [1.29, 1.82) is 0 Å². The van der Waals surface area contributed by atoms with Crippen LogP contribution in [0.2, 0.25) is 0 Å². The van der Waals surface area contributed by atoms with Crippen LogP contribution in [0.4, 0.5) is 4.79 Å². The minimum absolute atomic E-state index is 0.00807. The summed E-state index contributed by atoms with van der Waals surface area (Å²) < 4.78 is 4.90. The van der Waals surface area contributed by atoms with Gasteiger partial charge in [0.25, 0.3) is 0 Å². The van der Waals surface area contributed by atoms with E-state index in [-0.39, 0.29) is 24.6 Å². The fourth-order valence-corrected chi connectivity index (χ4v) is 3.45. The Kier molecular flexibility index (Phi) is 5.04. The SMILES string of the molecule is CN(C)Cc1ccc([C@@H]2CCCN2C(=O)CN2CCOC2=O)cc1. The Labute approximate surface area is 143 Å². The van der Waals surface area contributed by atoms with E-state index in [2.05, 4.69) is 43.3 Å². The zero-order valence-electron chi connectivity index (χ0n) is 14.4. The number of carbonyl (C=O) groups excluding carboxylic acids is 2. The van der Waals surface area contributed by atoms with Gasteiger partial charge in [0, 0.05) is 13.1 Å². The molecule has 0 aliphatic carbocycles. The molecule has 0 N–H and O–H groups in total. The molecule has 6 nitrogen and oxygen atoms in total. The first-order valence-corrected chi connectivity index (χ1v) is 8.49. The third-order valence-electron chi connectivity index (χ3n) is 4.61. The molecule has 1 aromatic carbocycles. The number of likely N-dealkylation sites (tertiary alicyclic amines) is 1. The first-order valence-electron chi connectivity index (χ1n) is 8.49. The Balaban J connectivity index is 1.66. The quantitative estimate of drug-likeness (QED) is 0.826. The molecule has 2 fully saturated rings. The molecule has 2 amide bonds. The number of rotatable bonds is 5.